The average Bonchev–Trinajstić information content (AvgIpc) is 2.87. The molecule has 0 bridgehead atoms. The minimum absolute atomic E-state index is 0.542. The lowest BCUT2D eigenvalue weighted by molar-refractivity contribution is 0.0198. The van der Waals surface area contributed by atoms with E-state index in [0.717, 1.165) is 17.5 Å². The van der Waals surface area contributed by atoms with Gasteiger partial charge in [0.05, 0.1) is 0 Å². The number of likely N-dealkylation sites (tertiary alicyclic amines) is 1. The molecule has 1 saturated heterocycles. The maximum absolute atomic E-state index is 3.61. The van der Waals surface area contributed by atoms with Crippen LogP contribution < -0.4 is 5.32 Å². The molecule has 3 fully saturated rings. The van der Waals surface area contributed by atoms with Gasteiger partial charge in [-0.3, -0.25) is 4.90 Å². The number of rotatable bonds is 2. The van der Waals surface area contributed by atoms with E-state index in [2.05, 4.69) is 31.1 Å². The van der Waals surface area contributed by atoms with Crippen LogP contribution in [0, 0.1) is 10.8 Å². The van der Waals surface area contributed by atoms with Gasteiger partial charge in [-0.05, 0) is 75.9 Å². The van der Waals surface area contributed by atoms with Crippen molar-refractivity contribution in [1.29, 1.82) is 0 Å². The van der Waals surface area contributed by atoms with Gasteiger partial charge in [0.1, 0.15) is 0 Å². The lowest BCUT2D eigenvalue weighted by Gasteiger charge is -2.49. The molecule has 3 rings (SSSR count). The molecular formula is C18H34N2. The predicted octanol–water partition coefficient (Wildman–Crippen LogP) is 3.81. The molecular weight excluding hydrogens is 244 g/mol. The second-order valence-corrected chi connectivity index (χ2v) is 8.61. The second-order valence-electron chi connectivity index (χ2n) is 8.61. The molecule has 0 aromatic rings. The Bertz CT molecular complexity index is 320. The highest BCUT2D eigenvalue weighted by molar-refractivity contribution is 4.97. The Morgan fingerprint density at radius 3 is 2.20 bits per heavy atom. The minimum Gasteiger partial charge on any atom is -0.315 e. The first kappa shape index (κ1) is 14.8. The molecule has 1 aliphatic heterocycles. The van der Waals surface area contributed by atoms with Crippen molar-refractivity contribution >= 4 is 0 Å². The van der Waals surface area contributed by atoms with Crippen molar-refractivity contribution in [3.8, 4) is 0 Å². The van der Waals surface area contributed by atoms with Crippen molar-refractivity contribution in [1.82, 2.24) is 10.2 Å². The summed E-state index contributed by atoms with van der Waals surface area (Å²) in [6.45, 7) is 7.65. The van der Waals surface area contributed by atoms with E-state index >= 15 is 0 Å². The van der Waals surface area contributed by atoms with Gasteiger partial charge in [-0.1, -0.05) is 26.7 Å². The maximum Gasteiger partial charge on any atom is 0.0254 e. The zero-order valence-electron chi connectivity index (χ0n) is 13.9. The fraction of sp³-hybridized carbons (Fsp3) is 1.00. The van der Waals surface area contributed by atoms with Crippen molar-refractivity contribution in [2.24, 2.45) is 10.8 Å². The normalized spacial score (nSPS) is 37.4. The Kier molecular flexibility index (Phi) is 4.16. The monoisotopic (exact) mass is 278 g/mol. The lowest BCUT2D eigenvalue weighted by atomic mass is 9.71. The summed E-state index contributed by atoms with van der Waals surface area (Å²) in [6.07, 6.45) is 13.1. The van der Waals surface area contributed by atoms with Crippen LogP contribution in [-0.2, 0) is 0 Å². The van der Waals surface area contributed by atoms with Crippen LogP contribution in [0.2, 0.25) is 0 Å². The summed E-state index contributed by atoms with van der Waals surface area (Å²) in [7, 11) is 2.17. The van der Waals surface area contributed by atoms with Gasteiger partial charge in [0.15, 0.2) is 0 Å². The van der Waals surface area contributed by atoms with Crippen LogP contribution in [-0.4, -0.2) is 37.1 Å². The highest BCUT2D eigenvalue weighted by Gasteiger charge is 2.42. The molecule has 1 N–H and O–H groups in total. The van der Waals surface area contributed by atoms with E-state index in [9.17, 15) is 0 Å². The zero-order chi connectivity index (χ0) is 14.2. The van der Waals surface area contributed by atoms with Gasteiger partial charge in [0, 0.05) is 12.1 Å². The molecule has 2 nitrogen and oxygen atoms in total. The van der Waals surface area contributed by atoms with E-state index in [4.69, 9.17) is 0 Å². The number of nitrogens with one attached hydrogen (secondary N) is 1. The molecule has 0 aromatic carbocycles. The lowest BCUT2D eigenvalue weighted by Crippen LogP contribution is -2.56. The fourth-order valence-corrected chi connectivity index (χ4v) is 5.22. The Morgan fingerprint density at radius 2 is 1.60 bits per heavy atom. The van der Waals surface area contributed by atoms with E-state index in [1.54, 1.807) is 0 Å². The first-order valence-corrected chi connectivity index (χ1v) is 8.95. The molecule has 2 atom stereocenters. The van der Waals surface area contributed by atoms with Crippen molar-refractivity contribution in [3.63, 3.8) is 0 Å². The third kappa shape index (κ3) is 2.92. The van der Waals surface area contributed by atoms with Gasteiger partial charge in [-0.25, -0.2) is 0 Å². The summed E-state index contributed by atoms with van der Waals surface area (Å²) in [6, 6.07) is 1.50. The summed E-state index contributed by atoms with van der Waals surface area (Å²) in [4.78, 5) is 2.84. The molecule has 0 radical (unpaired) electrons. The van der Waals surface area contributed by atoms with Gasteiger partial charge in [0.2, 0.25) is 0 Å². The van der Waals surface area contributed by atoms with Gasteiger partial charge in [-0.15, -0.1) is 0 Å². The Balaban J connectivity index is 1.63. The van der Waals surface area contributed by atoms with Crippen LogP contribution in [0.1, 0.15) is 71.6 Å². The van der Waals surface area contributed by atoms with Crippen LogP contribution in [0.4, 0.5) is 0 Å². The molecule has 2 aliphatic carbocycles. The van der Waals surface area contributed by atoms with Crippen LogP contribution in [0.15, 0.2) is 0 Å². The summed E-state index contributed by atoms with van der Waals surface area (Å²) in [5, 5.41) is 3.61. The van der Waals surface area contributed by atoms with Crippen LogP contribution in [0.5, 0.6) is 0 Å². The van der Waals surface area contributed by atoms with Gasteiger partial charge >= 0.3 is 0 Å². The Morgan fingerprint density at radius 1 is 0.950 bits per heavy atom. The first-order chi connectivity index (χ1) is 9.54. The van der Waals surface area contributed by atoms with Crippen molar-refractivity contribution in [3.05, 3.63) is 0 Å². The molecule has 2 heteroatoms. The van der Waals surface area contributed by atoms with Crippen molar-refractivity contribution in [2.45, 2.75) is 83.7 Å². The van der Waals surface area contributed by atoms with Gasteiger partial charge < -0.3 is 5.32 Å². The van der Waals surface area contributed by atoms with E-state index in [1.165, 1.54) is 70.9 Å². The molecule has 20 heavy (non-hydrogen) atoms. The molecule has 2 saturated carbocycles. The number of hydrogen-bond acceptors (Lipinski definition) is 2. The third-order valence-corrected chi connectivity index (χ3v) is 6.72. The quantitative estimate of drug-likeness (QED) is 0.826. The van der Waals surface area contributed by atoms with Crippen molar-refractivity contribution in [2.75, 3.05) is 20.1 Å². The largest absolute Gasteiger partial charge is 0.315 e. The second kappa shape index (κ2) is 5.61. The SMILES string of the molecule is CNC1CCC(C)(C)CC1N1CCC2(CCCC2)CC1. The minimum atomic E-state index is 0.542. The summed E-state index contributed by atoms with van der Waals surface area (Å²) >= 11 is 0. The van der Waals surface area contributed by atoms with Gasteiger partial charge in [-0.2, -0.15) is 0 Å². The average molecular weight is 278 g/mol. The molecule has 0 aromatic heterocycles. The highest BCUT2D eigenvalue weighted by atomic mass is 15.2. The Labute approximate surface area is 125 Å². The summed E-state index contributed by atoms with van der Waals surface area (Å²) < 4.78 is 0. The maximum atomic E-state index is 3.61. The summed E-state index contributed by atoms with van der Waals surface area (Å²) in [5.41, 5.74) is 1.30. The van der Waals surface area contributed by atoms with Crippen LogP contribution in [0.3, 0.4) is 0 Å². The van der Waals surface area contributed by atoms with E-state index in [-0.39, 0.29) is 0 Å². The molecule has 0 amide bonds. The fourth-order valence-electron chi connectivity index (χ4n) is 5.22. The number of likely N-dealkylation sites (N-methyl/N-ethyl adjacent to an activating group) is 1. The van der Waals surface area contributed by atoms with Crippen LogP contribution >= 0.6 is 0 Å². The molecule has 3 aliphatic rings. The van der Waals surface area contributed by atoms with E-state index < -0.39 is 0 Å². The molecule has 1 spiro atoms. The number of hydrogen-bond donors (Lipinski definition) is 1. The molecule has 116 valence electrons. The van der Waals surface area contributed by atoms with Crippen LogP contribution in [0.25, 0.3) is 0 Å². The van der Waals surface area contributed by atoms with E-state index in [1.807, 2.05) is 0 Å². The molecule has 1 heterocycles. The standard InChI is InChI=1S/C18H34N2/c1-17(2)9-6-15(19-3)16(14-17)20-12-10-18(11-13-20)7-4-5-8-18/h15-16,19H,4-14H2,1-3H3. The first-order valence-electron chi connectivity index (χ1n) is 8.95. The predicted molar refractivity (Wildman–Crippen MR) is 86.0 cm³/mol. The number of nitrogens with zero attached hydrogens (tertiary/aromatic N) is 1. The third-order valence-electron chi connectivity index (χ3n) is 6.72. The Hall–Kier alpha value is -0.0800. The highest BCUT2D eigenvalue weighted by Crippen LogP contribution is 2.47. The zero-order valence-corrected chi connectivity index (χ0v) is 13.9. The molecule has 2 unspecified atom stereocenters. The van der Waals surface area contributed by atoms with Crippen molar-refractivity contribution < 1.29 is 0 Å². The van der Waals surface area contributed by atoms with E-state index in [0.29, 0.717) is 5.41 Å². The smallest absolute Gasteiger partial charge is 0.0254 e. The summed E-state index contributed by atoms with van der Waals surface area (Å²) in [5.74, 6) is 0. The number of piperidine rings is 1. The van der Waals surface area contributed by atoms with Gasteiger partial charge in [0.25, 0.3) is 0 Å². The topological polar surface area (TPSA) is 15.3 Å².